The third-order valence-electron chi connectivity index (χ3n) is 5.95. The Morgan fingerprint density at radius 1 is 1.22 bits per heavy atom. The van der Waals surface area contributed by atoms with Crippen molar-refractivity contribution in [3.05, 3.63) is 29.8 Å². The van der Waals surface area contributed by atoms with E-state index in [0.717, 1.165) is 44.8 Å². The zero-order valence-electron chi connectivity index (χ0n) is 16.3. The minimum atomic E-state index is 0. The highest BCUT2D eigenvalue weighted by Crippen LogP contribution is 2.28. The Bertz CT molecular complexity index is 594. The zero-order chi connectivity index (χ0) is 17.8. The maximum atomic E-state index is 12.6. The lowest BCUT2D eigenvalue weighted by atomic mass is 9.99. The van der Waals surface area contributed by atoms with E-state index in [4.69, 9.17) is 10.5 Å². The number of hydrogen-bond donors (Lipinski definition) is 1. The Morgan fingerprint density at radius 3 is 2.52 bits per heavy atom. The fraction of sp³-hybridized carbons (Fsp3) is 0.650. The van der Waals surface area contributed by atoms with E-state index in [1.807, 2.05) is 17.0 Å². The fourth-order valence-corrected chi connectivity index (χ4v) is 4.14. The van der Waals surface area contributed by atoms with Crippen molar-refractivity contribution in [3.8, 4) is 5.75 Å². The first-order valence-electron chi connectivity index (χ1n) is 9.50. The first-order chi connectivity index (χ1) is 12.1. The highest BCUT2D eigenvalue weighted by Gasteiger charge is 2.30. The fourth-order valence-electron chi connectivity index (χ4n) is 4.14. The van der Waals surface area contributed by atoms with E-state index in [-0.39, 0.29) is 36.8 Å². The largest absolute Gasteiger partial charge is 0.497 e. The van der Waals surface area contributed by atoms with Crippen molar-refractivity contribution in [1.82, 2.24) is 9.80 Å². The van der Waals surface area contributed by atoms with Gasteiger partial charge in [-0.15, -0.1) is 24.8 Å². The lowest BCUT2D eigenvalue weighted by Crippen LogP contribution is -2.49. The number of carbonyl (C=O) groups is 1. The molecule has 1 aliphatic carbocycles. The minimum Gasteiger partial charge on any atom is -0.497 e. The summed E-state index contributed by atoms with van der Waals surface area (Å²) in [5.74, 6) is 1.57. The summed E-state index contributed by atoms with van der Waals surface area (Å²) in [6.45, 7) is 5.69. The summed E-state index contributed by atoms with van der Waals surface area (Å²) < 4.78 is 5.33. The maximum absolute atomic E-state index is 12.6. The van der Waals surface area contributed by atoms with Crippen molar-refractivity contribution < 1.29 is 9.53 Å². The van der Waals surface area contributed by atoms with Gasteiger partial charge in [0.05, 0.1) is 7.11 Å². The number of halogens is 2. The van der Waals surface area contributed by atoms with Crippen LogP contribution >= 0.6 is 24.8 Å². The van der Waals surface area contributed by atoms with E-state index < -0.39 is 0 Å². The summed E-state index contributed by atoms with van der Waals surface area (Å²) in [7, 11) is 1.70. The van der Waals surface area contributed by atoms with Gasteiger partial charge in [-0.1, -0.05) is 18.6 Å². The van der Waals surface area contributed by atoms with Crippen molar-refractivity contribution in [2.75, 3.05) is 33.3 Å². The third-order valence-corrected chi connectivity index (χ3v) is 5.95. The van der Waals surface area contributed by atoms with Gasteiger partial charge in [-0.3, -0.25) is 9.69 Å². The third kappa shape index (κ3) is 5.98. The van der Waals surface area contributed by atoms with E-state index in [2.05, 4.69) is 24.0 Å². The first-order valence-corrected chi connectivity index (χ1v) is 9.50. The SMILES string of the molecule is COc1cccc(C(C)N2CCN(C(=O)C[C@@H]3CCC[C@H]3N)CC2)c1.Cl.Cl. The second-order valence-corrected chi connectivity index (χ2v) is 7.43. The summed E-state index contributed by atoms with van der Waals surface area (Å²) in [4.78, 5) is 17.0. The predicted octanol–water partition coefficient (Wildman–Crippen LogP) is 3.26. The molecular weight excluding hydrogens is 385 g/mol. The number of nitrogens with two attached hydrogens (primary N) is 1. The first kappa shape index (κ1) is 24.0. The number of carbonyl (C=O) groups excluding carboxylic acids is 1. The van der Waals surface area contributed by atoms with Gasteiger partial charge in [-0.05, 0) is 43.4 Å². The van der Waals surface area contributed by atoms with Crippen LogP contribution in [0.15, 0.2) is 24.3 Å². The monoisotopic (exact) mass is 417 g/mol. The van der Waals surface area contributed by atoms with Crippen LogP contribution in [-0.4, -0.2) is 55.0 Å². The normalized spacial score (nSPS) is 23.9. The Balaban J connectivity index is 0.00000182. The van der Waals surface area contributed by atoms with E-state index in [0.29, 0.717) is 18.4 Å². The zero-order valence-corrected chi connectivity index (χ0v) is 17.9. The van der Waals surface area contributed by atoms with E-state index >= 15 is 0 Å². The maximum Gasteiger partial charge on any atom is 0.222 e. The molecule has 0 radical (unpaired) electrons. The molecule has 2 fully saturated rings. The number of nitrogens with zero attached hydrogens (tertiary/aromatic N) is 2. The van der Waals surface area contributed by atoms with Gasteiger partial charge in [0.15, 0.2) is 0 Å². The van der Waals surface area contributed by atoms with Gasteiger partial charge >= 0.3 is 0 Å². The molecular formula is C20H33Cl2N3O2. The van der Waals surface area contributed by atoms with Crippen LogP contribution in [0.5, 0.6) is 5.75 Å². The van der Waals surface area contributed by atoms with Crippen LogP contribution in [0.1, 0.15) is 44.2 Å². The van der Waals surface area contributed by atoms with Gasteiger partial charge < -0.3 is 15.4 Å². The molecule has 7 heteroatoms. The topological polar surface area (TPSA) is 58.8 Å². The predicted molar refractivity (Wildman–Crippen MR) is 114 cm³/mol. The minimum absolute atomic E-state index is 0. The standard InChI is InChI=1S/C20H31N3O2.2ClH/c1-15(16-5-3-7-18(13-16)25-2)22-9-11-23(12-10-22)20(24)14-17-6-4-8-19(17)21;;/h3,5,7,13,15,17,19H,4,6,8-12,14,21H2,1-2H3;2*1H/t15?,17-,19+;;/m0../s1. The van der Waals surface area contributed by atoms with Gasteiger partial charge in [0.25, 0.3) is 0 Å². The number of rotatable bonds is 5. The van der Waals surface area contributed by atoms with Crippen LogP contribution in [0.25, 0.3) is 0 Å². The average Bonchev–Trinajstić information content (AvgIpc) is 3.06. The number of piperazine rings is 1. The highest BCUT2D eigenvalue weighted by molar-refractivity contribution is 5.85. The number of benzene rings is 1. The summed E-state index contributed by atoms with van der Waals surface area (Å²) in [5.41, 5.74) is 7.38. The number of hydrogen-bond acceptors (Lipinski definition) is 4. The highest BCUT2D eigenvalue weighted by atomic mass is 35.5. The summed E-state index contributed by atoms with van der Waals surface area (Å²) in [5, 5.41) is 0. The molecule has 0 spiro atoms. The Labute approximate surface area is 175 Å². The van der Waals surface area contributed by atoms with E-state index in [9.17, 15) is 4.79 Å². The molecule has 3 rings (SSSR count). The molecule has 154 valence electrons. The Kier molecular flexibility index (Phi) is 9.88. The van der Waals surface area contributed by atoms with Crippen molar-refractivity contribution >= 4 is 30.7 Å². The molecule has 1 aromatic rings. The second-order valence-electron chi connectivity index (χ2n) is 7.43. The Morgan fingerprint density at radius 2 is 1.93 bits per heavy atom. The van der Waals surface area contributed by atoms with E-state index in [1.165, 1.54) is 12.0 Å². The van der Waals surface area contributed by atoms with Crippen molar-refractivity contribution in [2.24, 2.45) is 11.7 Å². The quantitative estimate of drug-likeness (QED) is 0.798. The number of amides is 1. The van der Waals surface area contributed by atoms with Gasteiger partial charge in [0.1, 0.15) is 5.75 Å². The molecule has 1 aromatic carbocycles. The molecule has 5 nitrogen and oxygen atoms in total. The van der Waals surface area contributed by atoms with Crippen LogP contribution in [0.2, 0.25) is 0 Å². The smallest absolute Gasteiger partial charge is 0.222 e. The lowest BCUT2D eigenvalue weighted by molar-refractivity contribution is -0.134. The average molecular weight is 418 g/mol. The molecule has 0 aromatic heterocycles. The molecule has 2 N–H and O–H groups in total. The van der Waals surface area contributed by atoms with Crippen LogP contribution in [0.4, 0.5) is 0 Å². The molecule has 27 heavy (non-hydrogen) atoms. The van der Waals surface area contributed by atoms with Crippen molar-refractivity contribution in [1.29, 1.82) is 0 Å². The Hall–Kier alpha value is -1.01. The van der Waals surface area contributed by atoms with Crippen molar-refractivity contribution in [3.63, 3.8) is 0 Å². The van der Waals surface area contributed by atoms with Gasteiger partial charge in [-0.25, -0.2) is 0 Å². The van der Waals surface area contributed by atoms with Crippen molar-refractivity contribution in [2.45, 2.75) is 44.7 Å². The molecule has 1 heterocycles. The number of methoxy groups -OCH3 is 1. The van der Waals surface area contributed by atoms with Crippen LogP contribution in [0, 0.1) is 5.92 Å². The lowest BCUT2D eigenvalue weighted by Gasteiger charge is -2.38. The molecule has 1 saturated carbocycles. The molecule has 0 bridgehead atoms. The summed E-state index contributed by atoms with van der Waals surface area (Å²) in [6, 6.07) is 8.81. The molecule has 1 aliphatic heterocycles. The van der Waals surface area contributed by atoms with E-state index in [1.54, 1.807) is 7.11 Å². The van der Waals surface area contributed by atoms with Gasteiger partial charge in [0.2, 0.25) is 5.91 Å². The van der Waals surface area contributed by atoms with Gasteiger partial charge in [-0.2, -0.15) is 0 Å². The molecule has 1 amide bonds. The molecule has 2 aliphatic rings. The van der Waals surface area contributed by atoms with Crippen LogP contribution in [0.3, 0.4) is 0 Å². The van der Waals surface area contributed by atoms with Gasteiger partial charge in [0, 0.05) is 44.7 Å². The molecule has 1 unspecified atom stereocenters. The molecule has 3 atom stereocenters. The summed E-state index contributed by atoms with van der Waals surface area (Å²) >= 11 is 0. The number of ether oxygens (including phenoxy) is 1. The van der Waals surface area contributed by atoms with Crippen LogP contribution in [-0.2, 0) is 4.79 Å². The second kappa shape index (κ2) is 11.1. The molecule has 1 saturated heterocycles. The summed E-state index contributed by atoms with van der Waals surface area (Å²) in [6.07, 6.45) is 3.99. The van der Waals surface area contributed by atoms with Crippen LogP contribution < -0.4 is 10.5 Å².